The van der Waals surface area contributed by atoms with Crippen LogP contribution in [0.25, 0.3) is 0 Å². The van der Waals surface area contributed by atoms with Gasteiger partial charge in [0.2, 0.25) is 0 Å². The highest BCUT2D eigenvalue weighted by molar-refractivity contribution is 5.94. The number of hydrogen-bond donors (Lipinski definition) is 1. The molecule has 0 unspecified atom stereocenters. The Morgan fingerprint density at radius 3 is 2.17 bits per heavy atom. The number of carbonyl (C=O) groups excluding carboxylic acids is 1. The number of hydrogen-bond acceptors (Lipinski definition) is 1. The molecule has 0 atom stereocenters. The van der Waals surface area contributed by atoms with Gasteiger partial charge in [0.05, 0.1) is 0 Å². The van der Waals surface area contributed by atoms with Crippen molar-refractivity contribution in [3.05, 3.63) is 35.1 Å². The lowest BCUT2D eigenvalue weighted by Crippen LogP contribution is -2.33. The van der Waals surface area contributed by atoms with Crippen molar-refractivity contribution in [2.24, 2.45) is 5.41 Å². The van der Waals surface area contributed by atoms with E-state index in [0.29, 0.717) is 18.7 Å². The molecule has 0 aromatic heterocycles. The number of amides is 1. The van der Waals surface area contributed by atoms with Crippen molar-refractivity contribution in [1.82, 2.24) is 5.32 Å². The Labute approximate surface area is 104 Å². The van der Waals surface area contributed by atoms with E-state index < -0.39 is 23.4 Å². The molecule has 0 aliphatic carbocycles. The van der Waals surface area contributed by atoms with Gasteiger partial charge in [0.15, 0.2) is 17.5 Å². The van der Waals surface area contributed by atoms with Gasteiger partial charge in [-0.25, -0.2) is 13.2 Å². The van der Waals surface area contributed by atoms with Crippen molar-refractivity contribution in [3.8, 4) is 0 Å². The topological polar surface area (TPSA) is 29.1 Å². The summed E-state index contributed by atoms with van der Waals surface area (Å²) in [5, 5.41) is 2.57. The van der Waals surface area contributed by atoms with Crippen LogP contribution in [0.15, 0.2) is 12.1 Å². The van der Waals surface area contributed by atoms with E-state index in [0.717, 1.165) is 6.42 Å². The second kappa shape index (κ2) is 5.42. The van der Waals surface area contributed by atoms with Crippen molar-refractivity contribution in [2.75, 3.05) is 6.54 Å². The van der Waals surface area contributed by atoms with E-state index in [1.807, 2.05) is 20.8 Å². The van der Waals surface area contributed by atoms with Gasteiger partial charge in [-0.05, 0) is 24.0 Å². The molecule has 1 aromatic carbocycles. The molecule has 0 aliphatic rings. The predicted octanol–water partition coefficient (Wildman–Crippen LogP) is 3.27. The Bertz CT molecular complexity index is 435. The summed E-state index contributed by atoms with van der Waals surface area (Å²) in [6.07, 6.45) is 0.847. The first kappa shape index (κ1) is 14.5. The third-order valence-electron chi connectivity index (χ3n) is 2.93. The highest BCUT2D eigenvalue weighted by atomic mass is 19.2. The zero-order valence-corrected chi connectivity index (χ0v) is 10.6. The molecular weight excluding hydrogens is 243 g/mol. The lowest BCUT2D eigenvalue weighted by Gasteiger charge is -2.22. The molecule has 0 fully saturated rings. The molecule has 0 heterocycles. The summed E-state index contributed by atoms with van der Waals surface area (Å²) in [4.78, 5) is 11.7. The van der Waals surface area contributed by atoms with Crippen LogP contribution in [-0.2, 0) is 0 Å². The Morgan fingerprint density at radius 1 is 1.22 bits per heavy atom. The van der Waals surface area contributed by atoms with Gasteiger partial charge in [0.25, 0.3) is 5.91 Å². The number of nitrogens with one attached hydrogen (secondary N) is 1. The maximum absolute atomic E-state index is 12.9. The van der Waals surface area contributed by atoms with E-state index in [4.69, 9.17) is 0 Å². The molecule has 0 saturated carbocycles. The molecule has 1 aromatic rings. The first-order chi connectivity index (χ1) is 8.26. The molecule has 2 nitrogen and oxygen atoms in total. The van der Waals surface area contributed by atoms with Crippen molar-refractivity contribution in [1.29, 1.82) is 0 Å². The average Bonchev–Trinajstić information content (AvgIpc) is 2.32. The van der Waals surface area contributed by atoms with E-state index in [1.165, 1.54) is 0 Å². The Balaban J connectivity index is 2.80. The minimum atomic E-state index is -1.57. The summed E-state index contributed by atoms with van der Waals surface area (Å²) in [7, 11) is 0. The van der Waals surface area contributed by atoms with Gasteiger partial charge in [0.1, 0.15) is 0 Å². The minimum absolute atomic E-state index is 0.104. The number of benzene rings is 1. The van der Waals surface area contributed by atoms with E-state index in [9.17, 15) is 18.0 Å². The van der Waals surface area contributed by atoms with Gasteiger partial charge in [-0.1, -0.05) is 20.8 Å². The third kappa shape index (κ3) is 3.48. The van der Waals surface area contributed by atoms with Crippen LogP contribution < -0.4 is 5.32 Å². The van der Waals surface area contributed by atoms with Crippen LogP contribution in [0.1, 0.15) is 37.6 Å². The van der Waals surface area contributed by atoms with Crippen LogP contribution >= 0.6 is 0 Å². The monoisotopic (exact) mass is 259 g/mol. The van der Waals surface area contributed by atoms with Crippen molar-refractivity contribution < 1.29 is 18.0 Å². The third-order valence-corrected chi connectivity index (χ3v) is 2.93. The van der Waals surface area contributed by atoms with E-state index in [-0.39, 0.29) is 11.0 Å². The van der Waals surface area contributed by atoms with Crippen LogP contribution in [0.5, 0.6) is 0 Å². The van der Waals surface area contributed by atoms with Crippen molar-refractivity contribution in [3.63, 3.8) is 0 Å². The molecule has 18 heavy (non-hydrogen) atoms. The Hall–Kier alpha value is -1.52. The Morgan fingerprint density at radius 2 is 1.72 bits per heavy atom. The molecule has 1 amide bonds. The molecule has 1 N–H and O–H groups in total. The van der Waals surface area contributed by atoms with Crippen LogP contribution in [0.4, 0.5) is 13.2 Å². The van der Waals surface area contributed by atoms with E-state index >= 15 is 0 Å². The fourth-order valence-electron chi connectivity index (χ4n) is 1.23. The molecule has 0 spiro atoms. The molecule has 0 saturated heterocycles. The van der Waals surface area contributed by atoms with Gasteiger partial charge in [-0.2, -0.15) is 0 Å². The molecule has 0 radical (unpaired) electrons. The summed E-state index contributed by atoms with van der Waals surface area (Å²) in [5.74, 6) is -4.92. The van der Waals surface area contributed by atoms with E-state index in [2.05, 4.69) is 5.32 Å². The molecule has 1 rings (SSSR count). The first-order valence-electron chi connectivity index (χ1n) is 5.69. The van der Waals surface area contributed by atoms with Gasteiger partial charge in [-0.3, -0.25) is 4.79 Å². The Kier molecular flexibility index (Phi) is 4.38. The highest BCUT2D eigenvalue weighted by Gasteiger charge is 2.19. The van der Waals surface area contributed by atoms with Crippen molar-refractivity contribution in [2.45, 2.75) is 27.2 Å². The second-order valence-electron chi connectivity index (χ2n) is 4.95. The van der Waals surface area contributed by atoms with Crippen LogP contribution in [0, 0.1) is 22.9 Å². The number of halogens is 3. The fourth-order valence-corrected chi connectivity index (χ4v) is 1.23. The lowest BCUT2D eigenvalue weighted by molar-refractivity contribution is 0.0934. The number of rotatable bonds is 4. The van der Waals surface area contributed by atoms with Crippen LogP contribution in [0.2, 0.25) is 0 Å². The second-order valence-corrected chi connectivity index (χ2v) is 4.95. The normalized spacial score (nSPS) is 11.4. The molecule has 5 heteroatoms. The zero-order chi connectivity index (χ0) is 13.9. The molecule has 100 valence electrons. The number of carbonyl (C=O) groups is 1. The standard InChI is InChI=1S/C13H16F3NO/c1-4-13(2,3)7-17-12(18)8-5-9(14)11(16)10(15)6-8/h5-6H,4,7H2,1-3H3,(H,17,18). The summed E-state index contributed by atoms with van der Waals surface area (Å²) < 4.78 is 38.6. The highest BCUT2D eigenvalue weighted by Crippen LogP contribution is 2.18. The predicted molar refractivity (Wildman–Crippen MR) is 62.7 cm³/mol. The molecule has 0 aliphatic heterocycles. The maximum Gasteiger partial charge on any atom is 0.251 e. The SMILES string of the molecule is CCC(C)(C)CNC(=O)c1cc(F)c(F)c(F)c1. The summed E-state index contributed by atoms with van der Waals surface area (Å²) in [6, 6.07) is 1.37. The van der Waals surface area contributed by atoms with Gasteiger partial charge in [-0.15, -0.1) is 0 Å². The fraction of sp³-hybridized carbons (Fsp3) is 0.462. The van der Waals surface area contributed by atoms with Gasteiger partial charge in [0, 0.05) is 12.1 Å². The van der Waals surface area contributed by atoms with Gasteiger partial charge >= 0.3 is 0 Å². The lowest BCUT2D eigenvalue weighted by atomic mass is 9.90. The van der Waals surface area contributed by atoms with Gasteiger partial charge < -0.3 is 5.32 Å². The molecule has 0 bridgehead atoms. The first-order valence-corrected chi connectivity index (χ1v) is 5.69. The van der Waals surface area contributed by atoms with Crippen LogP contribution in [-0.4, -0.2) is 12.5 Å². The summed E-state index contributed by atoms with van der Waals surface area (Å²) in [5.41, 5.74) is -0.328. The van der Waals surface area contributed by atoms with E-state index in [1.54, 1.807) is 0 Å². The quantitative estimate of drug-likeness (QED) is 0.826. The summed E-state index contributed by atoms with van der Waals surface area (Å²) in [6.45, 7) is 6.27. The van der Waals surface area contributed by atoms with Crippen molar-refractivity contribution >= 4 is 5.91 Å². The summed E-state index contributed by atoms with van der Waals surface area (Å²) >= 11 is 0. The zero-order valence-electron chi connectivity index (χ0n) is 10.6. The van der Waals surface area contributed by atoms with Crippen LogP contribution in [0.3, 0.4) is 0 Å². The average molecular weight is 259 g/mol. The minimum Gasteiger partial charge on any atom is -0.351 e. The largest absolute Gasteiger partial charge is 0.351 e. The maximum atomic E-state index is 12.9. The molecular formula is C13H16F3NO. The smallest absolute Gasteiger partial charge is 0.251 e.